The van der Waals surface area contributed by atoms with Crippen molar-refractivity contribution < 1.29 is 4.65 Å². The maximum absolute atomic E-state index is 5.57. The van der Waals surface area contributed by atoms with Gasteiger partial charge in [0.1, 0.15) is 0 Å². The standard InChI is InChI=1S/C9H10BNO/c1-6(11)7-2-3-8-5-12-10-9(8)4-7/h2-4,10H,1,5,11H2. The molecule has 0 fully saturated rings. The van der Waals surface area contributed by atoms with Crippen LogP contribution >= 0.6 is 0 Å². The summed E-state index contributed by atoms with van der Waals surface area (Å²) in [5, 5.41) is 0. The highest BCUT2D eigenvalue weighted by Gasteiger charge is 2.12. The van der Waals surface area contributed by atoms with Gasteiger partial charge in [0, 0.05) is 5.70 Å². The highest BCUT2D eigenvalue weighted by atomic mass is 16.4. The molecule has 0 aliphatic carbocycles. The first-order chi connectivity index (χ1) is 5.77. The molecule has 0 atom stereocenters. The maximum Gasteiger partial charge on any atom is 0.309 e. The second-order valence-electron chi connectivity index (χ2n) is 3.00. The van der Waals surface area contributed by atoms with E-state index in [2.05, 4.69) is 12.6 Å². The molecule has 3 heteroatoms. The molecule has 1 aromatic rings. The van der Waals surface area contributed by atoms with E-state index in [1.54, 1.807) is 0 Å². The molecule has 0 aromatic heterocycles. The van der Waals surface area contributed by atoms with E-state index in [1.807, 2.05) is 12.1 Å². The van der Waals surface area contributed by atoms with Gasteiger partial charge < -0.3 is 10.4 Å². The predicted molar refractivity (Wildman–Crippen MR) is 51.2 cm³/mol. The molecule has 0 spiro atoms. The lowest BCUT2D eigenvalue weighted by Crippen LogP contribution is -2.12. The molecule has 0 radical (unpaired) electrons. The first kappa shape index (κ1) is 7.43. The molecule has 2 N–H and O–H groups in total. The molecular weight excluding hydrogens is 149 g/mol. The summed E-state index contributed by atoms with van der Waals surface area (Å²) in [6, 6.07) is 6.08. The van der Waals surface area contributed by atoms with E-state index in [0.29, 0.717) is 13.2 Å². The highest BCUT2D eigenvalue weighted by Crippen LogP contribution is 2.11. The number of nitrogens with two attached hydrogens (primary N) is 1. The van der Waals surface area contributed by atoms with Crippen LogP contribution in [0.3, 0.4) is 0 Å². The zero-order chi connectivity index (χ0) is 8.55. The molecule has 0 saturated carbocycles. The number of hydrogen-bond donors (Lipinski definition) is 1. The fourth-order valence-electron chi connectivity index (χ4n) is 1.37. The van der Waals surface area contributed by atoms with Crippen LogP contribution in [0.15, 0.2) is 24.8 Å². The van der Waals surface area contributed by atoms with Gasteiger partial charge in [-0.25, -0.2) is 0 Å². The molecule has 2 rings (SSSR count). The molecule has 1 heterocycles. The summed E-state index contributed by atoms with van der Waals surface area (Å²) in [6.45, 7) is 4.42. The SMILES string of the molecule is C=C(N)c1ccc2c(c1)BOC2. The highest BCUT2D eigenvalue weighted by molar-refractivity contribution is 6.48. The minimum atomic E-state index is 0.615. The number of benzene rings is 1. The lowest BCUT2D eigenvalue weighted by molar-refractivity contribution is 0.345. The lowest BCUT2D eigenvalue weighted by Gasteiger charge is -2.01. The van der Waals surface area contributed by atoms with Gasteiger partial charge in [0.15, 0.2) is 0 Å². The Labute approximate surface area is 72.3 Å². The molecule has 0 saturated heterocycles. The summed E-state index contributed by atoms with van der Waals surface area (Å²) in [5.41, 5.74) is 9.69. The molecule has 1 aromatic carbocycles. The average Bonchev–Trinajstić information content (AvgIpc) is 2.49. The van der Waals surface area contributed by atoms with Crippen LogP contribution in [0, 0.1) is 0 Å². The van der Waals surface area contributed by atoms with Crippen LogP contribution in [0.5, 0.6) is 0 Å². The van der Waals surface area contributed by atoms with E-state index in [0.717, 1.165) is 12.2 Å². The third kappa shape index (κ3) is 1.12. The topological polar surface area (TPSA) is 35.2 Å². The fourth-order valence-corrected chi connectivity index (χ4v) is 1.37. The molecule has 1 aliphatic heterocycles. The summed E-state index contributed by atoms with van der Waals surface area (Å²) >= 11 is 0. The molecule has 2 nitrogen and oxygen atoms in total. The Morgan fingerprint density at radius 1 is 1.58 bits per heavy atom. The largest absolute Gasteiger partial charge is 0.430 e. The van der Waals surface area contributed by atoms with Gasteiger partial charge in [0.25, 0.3) is 0 Å². The van der Waals surface area contributed by atoms with Gasteiger partial charge >= 0.3 is 7.48 Å². The second-order valence-corrected chi connectivity index (χ2v) is 3.00. The fraction of sp³-hybridized carbons (Fsp3) is 0.111. The van der Waals surface area contributed by atoms with Gasteiger partial charge in [-0.15, -0.1) is 0 Å². The van der Waals surface area contributed by atoms with Gasteiger partial charge in [-0.05, 0) is 16.6 Å². The molecule has 60 valence electrons. The normalized spacial score (nSPS) is 13.7. The molecule has 0 unspecified atom stereocenters. The Kier molecular flexibility index (Phi) is 1.66. The van der Waals surface area contributed by atoms with Crippen molar-refractivity contribution >= 4 is 18.6 Å². The van der Waals surface area contributed by atoms with Crippen LogP contribution in [-0.2, 0) is 11.3 Å². The van der Waals surface area contributed by atoms with Crippen molar-refractivity contribution in [3.8, 4) is 0 Å². The van der Waals surface area contributed by atoms with Crippen molar-refractivity contribution in [1.82, 2.24) is 0 Å². The first-order valence-corrected chi connectivity index (χ1v) is 3.91. The van der Waals surface area contributed by atoms with E-state index in [1.165, 1.54) is 11.0 Å². The summed E-state index contributed by atoms with van der Waals surface area (Å²) in [4.78, 5) is 0. The first-order valence-electron chi connectivity index (χ1n) is 3.91. The van der Waals surface area contributed by atoms with Gasteiger partial charge in [-0.2, -0.15) is 0 Å². The Balaban J connectivity index is 2.45. The molecule has 0 amide bonds. The average molecular weight is 159 g/mol. The van der Waals surface area contributed by atoms with Crippen LogP contribution in [-0.4, -0.2) is 7.48 Å². The summed E-state index contributed by atoms with van der Waals surface area (Å²) in [5.74, 6) is 0. The van der Waals surface area contributed by atoms with Crippen molar-refractivity contribution in [3.05, 3.63) is 35.9 Å². The molecular formula is C9H10BNO. The Morgan fingerprint density at radius 2 is 2.42 bits per heavy atom. The van der Waals surface area contributed by atoms with E-state index >= 15 is 0 Å². The zero-order valence-electron chi connectivity index (χ0n) is 6.84. The quantitative estimate of drug-likeness (QED) is 0.590. The van der Waals surface area contributed by atoms with Crippen molar-refractivity contribution in [1.29, 1.82) is 0 Å². The number of rotatable bonds is 1. The predicted octanol–water partition coefficient (Wildman–Crippen LogP) is 0.123. The lowest BCUT2D eigenvalue weighted by atomic mass is 9.86. The van der Waals surface area contributed by atoms with E-state index < -0.39 is 0 Å². The van der Waals surface area contributed by atoms with E-state index in [4.69, 9.17) is 10.4 Å². The molecule has 1 aliphatic rings. The Morgan fingerprint density at radius 3 is 3.17 bits per heavy atom. The molecule has 12 heavy (non-hydrogen) atoms. The van der Waals surface area contributed by atoms with Gasteiger partial charge in [0.2, 0.25) is 0 Å². The number of fused-ring (bicyclic) bond motifs is 1. The third-order valence-electron chi connectivity index (χ3n) is 2.09. The third-order valence-corrected chi connectivity index (χ3v) is 2.09. The van der Waals surface area contributed by atoms with Crippen molar-refractivity contribution in [2.75, 3.05) is 0 Å². The van der Waals surface area contributed by atoms with Crippen molar-refractivity contribution in [2.45, 2.75) is 6.61 Å². The Bertz CT molecular complexity index is 335. The monoisotopic (exact) mass is 159 g/mol. The number of hydrogen-bond acceptors (Lipinski definition) is 2. The van der Waals surface area contributed by atoms with Crippen LogP contribution in [0.2, 0.25) is 0 Å². The summed E-state index contributed by atoms with van der Waals surface area (Å²) in [6.07, 6.45) is 0. The summed E-state index contributed by atoms with van der Waals surface area (Å²) < 4.78 is 5.28. The zero-order valence-corrected chi connectivity index (χ0v) is 6.84. The van der Waals surface area contributed by atoms with Gasteiger partial charge in [-0.1, -0.05) is 24.8 Å². The smallest absolute Gasteiger partial charge is 0.309 e. The van der Waals surface area contributed by atoms with Gasteiger partial charge in [0.05, 0.1) is 6.61 Å². The van der Waals surface area contributed by atoms with Gasteiger partial charge in [-0.3, -0.25) is 0 Å². The molecule has 0 bridgehead atoms. The van der Waals surface area contributed by atoms with Crippen LogP contribution < -0.4 is 11.2 Å². The van der Waals surface area contributed by atoms with Crippen LogP contribution in [0.25, 0.3) is 5.70 Å². The van der Waals surface area contributed by atoms with Crippen molar-refractivity contribution in [3.63, 3.8) is 0 Å². The second kappa shape index (κ2) is 2.68. The van der Waals surface area contributed by atoms with E-state index in [9.17, 15) is 0 Å². The van der Waals surface area contributed by atoms with Crippen molar-refractivity contribution in [2.24, 2.45) is 5.73 Å². The maximum atomic E-state index is 5.57. The van der Waals surface area contributed by atoms with Crippen LogP contribution in [0.1, 0.15) is 11.1 Å². The van der Waals surface area contributed by atoms with E-state index in [-0.39, 0.29) is 0 Å². The van der Waals surface area contributed by atoms with Crippen LogP contribution in [0.4, 0.5) is 0 Å². The minimum Gasteiger partial charge on any atom is -0.430 e. The minimum absolute atomic E-state index is 0.615. The Hall–Kier alpha value is -1.22. The summed E-state index contributed by atoms with van der Waals surface area (Å²) in [7, 11) is 0.705.